The van der Waals surface area contributed by atoms with Gasteiger partial charge in [-0.15, -0.1) is 0 Å². The lowest BCUT2D eigenvalue weighted by atomic mass is 10.3. The molecule has 0 aliphatic carbocycles. The van der Waals surface area contributed by atoms with Crippen molar-refractivity contribution in [2.75, 3.05) is 23.7 Å². The van der Waals surface area contributed by atoms with E-state index in [9.17, 15) is 13.2 Å². The van der Waals surface area contributed by atoms with Crippen LogP contribution in [0.4, 0.5) is 24.9 Å². The van der Waals surface area contributed by atoms with E-state index in [1.165, 1.54) is 6.33 Å². The number of nitrogens with zero attached hydrogens (tertiary/aromatic N) is 4. The zero-order valence-corrected chi connectivity index (χ0v) is 11.1. The van der Waals surface area contributed by atoms with E-state index in [2.05, 4.69) is 30.7 Å². The van der Waals surface area contributed by atoms with Crippen molar-refractivity contribution in [3.63, 3.8) is 0 Å². The molecule has 0 aromatic carbocycles. The molecule has 0 unspecified atom stereocenters. The lowest BCUT2D eigenvalue weighted by molar-refractivity contribution is -0.141. The summed E-state index contributed by atoms with van der Waals surface area (Å²) in [6.45, 7) is 2.47. The fourth-order valence-electron chi connectivity index (χ4n) is 1.52. The molecule has 0 fully saturated rings. The number of halogens is 3. The molecule has 2 N–H and O–H groups in total. The summed E-state index contributed by atoms with van der Waals surface area (Å²) in [4.78, 5) is 11.2. The number of rotatable bonds is 6. The normalized spacial score (nSPS) is 11.4. The first kappa shape index (κ1) is 15.0. The molecule has 7 nitrogen and oxygen atoms in total. The van der Waals surface area contributed by atoms with Gasteiger partial charge in [0.15, 0.2) is 12.0 Å². The second kappa shape index (κ2) is 6.37. The van der Waals surface area contributed by atoms with Crippen molar-refractivity contribution >= 4 is 11.8 Å². The summed E-state index contributed by atoms with van der Waals surface area (Å²) in [6, 6.07) is 0.856. The number of nitrogens with one attached hydrogen (secondary N) is 2. The zero-order chi connectivity index (χ0) is 15.3. The van der Waals surface area contributed by atoms with Crippen molar-refractivity contribution in [1.29, 1.82) is 0 Å². The van der Waals surface area contributed by atoms with Crippen LogP contribution in [0.2, 0.25) is 0 Å². The molecule has 0 bridgehead atoms. The van der Waals surface area contributed by atoms with E-state index in [1.807, 2.05) is 0 Å². The first-order valence-corrected chi connectivity index (χ1v) is 6.18. The fraction of sp³-hybridized carbons (Fsp3) is 0.455. The molecule has 0 aliphatic heterocycles. The molecule has 2 rings (SSSR count). The monoisotopic (exact) mass is 302 g/mol. The highest BCUT2D eigenvalue weighted by Gasteiger charge is 2.33. The minimum Gasteiger partial charge on any atom is -0.369 e. The largest absolute Gasteiger partial charge is 0.433 e. The maximum absolute atomic E-state index is 12.8. The molecule has 114 valence electrons. The Balaban J connectivity index is 2.08. The van der Waals surface area contributed by atoms with Crippen LogP contribution in [-0.2, 0) is 12.6 Å². The van der Waals surface area contributed by atoms with Gasteiger partial charge in [-0.2, -0.15) is 23.1 Å². The Morgan fingerprint density at radius 1 is 1.24 bits per heavy atom. The summed E-state index contributed by atoms with van der Waals surface area (Å²) in [5.74, 6) is 0.389. The summed E-state index contributed by atoms with van der Waals surface area (Å²) in [5, 5.41) is 8.87. The quantitative estimate of drug-likeness (QED) is 0.843. The first-order valence-electron chi connectivity index (χ1n) is 6.18. The smallest absolute Gasteiger partial charge is 0.369 e. The molecular formula is C11H13F3N6O. The molecule has 10 heteroatoms. The van der Waals surface area contributed by atoms with Crippen LogP contribution in [0.1, 0.15) is 18.5 Å². The van der Waals surface area contributed by atoms with E-state index < -0.39 is 11.9 Å². The molecule has 0 radical (unpaired) electrons. The Morgan fingerprint density at radius 2 is 2.05 bits per heavy atom. The van der Waals surface area contributed by atoms with Crippen molar-refractivity contribution in [3.05, 3.63) is 24.0 Å². The Labute approximate surface area is 118 Å². The van der Waals surface area contributed by atoms with Crippen LogP contribution < -0.4 is 10.6 Å². The molecular weight excluding hydrogens is 289 g/mol. The van der Waals surface area contributed by atoms with Crippen LogP contribution in [0, 0.1) is 0 Å². The number of alkyl halides is 3. The van der Waals surface area contributed by atoms with Crippen LogP contribution >= 0.6 is 0 Å². The van der Waals surface area contributed by atoms with Crippen LogP contribution in [0.25, 0.3) is 0 Å². The van der Waals surface area contributed by atoms with Crippen molar-refractivity contribution in [2.24, 2.45) is 0 Å². The van der Waals surface area contributed by atoms with Gasteiger partial charge in [0.25, 0.3) is 0 Å². The van der Waals surface area contributed by atoms with Gasteiger partial charge in [-0.25, -0.2) is 4.98 Å². The van der Waals surface area contributed by atoms with E-state index in [0.717, 1.165) is 6.07 Å². The van der Waals surface area contributed by atoms with E-state index >= 15 is 0 Å². The SMILES string of the molecule is CCNc1nc(NCCc2ncno2)cc(C(F)(F)F)n1. The number of hydrogen-bond donors (Lipinski definition) is 2. The second-order valence-corrected chi connectivity index (χ2v) is 4.00. The Kier molecular flexibility index (Phi) is 4.55. The molecule has 0 atom stereocenters. The third-order valence-corrected chi connectivity index (χ3v) is 2.40. The highest BCUT2D eigenvalue weighted by molar-refractivity contribution is 5.43. The lowest BCUT2D eigenvalue weighted by Crippen LogP contribution is -2.15. The summed E-state index contributed by atoms with van der Waals surface area (Å²) in [5.41, 5.74) is -1.01. The van der Waals surface area contributed by atoms with Crippen LogP contribution in [-0.4, -0.2) is 33.2 Å². The molecule has 21 heavy (non-hydrogen) atoms. The van der Waals surface area contributed by atoms with E-state index in [1.54, 1.807) is 6.92 Å². The number of hydrogen-bond acceptors (Lipinski definition) is 7. The Morgan fingerprint density at radius 3 is 2.67 bits per heavy atom. The minimum absolute atomic E-state index is 0.0763. The highest BCUT2D eigenvalue weighted by Crippen LogP contribution is 2.29. The Hall–Kier alpha value is -2.39. The predicted molar refractivity (Wildman–Crippen MR) is 67.7 cm³/mol. The van der Waals surface area contributed by atoms with Gasteiger partial charge in [0, 0.05) is 25.6 Å². The van der Waals surface area contributed by atoms with E-state index in [-0.39, 0.29) is 11.8 Å². The second-order valence-electron chi connectivity index (χ2n) is 4.00. The van der Waals surface area contributed by atoms with Gasteiger partial charge in [-0.05, 0) is 6.92 Å². The van der Waals surface area contributed by atoms with Gasteiger partial charge in [0.2, 0.25) is 11.8 Å². The molecule has 0 amide bonds. The maximum atomic E-state index is 12.8. The highest BCUT2D eigenvalue weighted by atomic mass is 19.4. The van der Waals surface area contributed by atoms with Gasteiger partial charge < -0.3 is 15.2 Å². The van der Waals surface area contributed by atoms with Crippen LogP contribution in [0.5, 0.6) is 0 Å². The first-order chi connectivity index (χ1) is 9.99. The predicted octanol–water partition coefficient (Wildman–Crippen LogP) is 1.96. The molecule has 2 aromatic heterocycles. The molecule has 0 saturated carbocycles. The molecule has 2 heterocycles. The third kappa shape index (κ3) is 4.29. The third-order valence-electron chi connectivity index (χ3n) is 2.40. The van der Waals surface area contributed by atoms with E-state index in [0.29, 0.717) is 25.4 Å². The molecule has 0 saturated heterocycles. The zero-order valence-electron chi connectivity index (χ0n) is 11.1. The van der Waals surface area contributed by atoms with Gasteiger partial charge in [0.05, 0.1) is 0 Å². The number of aromatic nitrogens is 4. The van der Waals surface area contributed by atoms with Crippen molar-refractivity contribution in [1.82, 2.24) is 20.1 Å². The molecule has 0 spiro atoms. The summed E-state index contributed by atoms with van der Waals surface area (Å²) < 4.78 is 43.0. The van der Waals surface area contributed by atoms with Gasteiger partial charge in [0.1, 0.15) is 5.82 Å². The van der Waals surface area contributed by atoms with Gasteiger partial charge in [-0.1, -0.05) is 5.16 Å². The molecule has 0 aliphatic rings. The van der Waals surface area contributed by atoms with Crippen molar-refractivity contribution in [3.8, 4) is 0 Å². The van der Waals surface area contributed by atoms with Gasteiger partial charge >= 0.3 is 6.18 Å². The van der Waals surface area contributed by atoms with Crippen molar-refractivity contribution < 1.29 is 17.7 Å². The Bertz CT molecular complexity index is 572. The van der Waals surface area contributed by atoms with Crippen molar-refractivity contribution in [2.45, 2.75) is 19.5 Å². The maximum Gasteiger partial charge on any atom is 0.433 e. The fourth-order valence-corrected chi connectivity index (χ4v) is 1.52. The van der Waals surface area contributed by atoms with Crippen LogP contribution in [0.15, 0.2) is 16.9 Å². The summed E-state index contributed by atoms with van der Waals surface area (Å²) >= 11 is 0. The number of anilines is 2. The summed E-state index contributed by atoms with van der Waals surface area (Å²) in [6.07, 6.45) is -2.90. The van der Waals surface area contributed by atoms with E-state index in [4.69, 9.17) is 4.52 Å². The minimum atomic E-state index is -4.53. The topological polar surface area (TPSA) is 88.8 Å². The lowest BCUT2D eigenvalue weighted by Gasteiger charge is -2.11. The van der Waals surface area contributed by atoms with Gasteiger partial charge in [-0.3, -0.25) is 0 Å². The average Bonchev–Trinajstić information content (AvgIpc) is 2.91. The average molecular weight is 302 g/mol. The molecule has 2 aromatic rings. The van der Waals surface area contributed by atoms with Crippen LogP contribution in [0.3, 0.4) is 0 Å². The standard InChI is InChI=1S/C11H13F3N6O/c1-2-15-10-19-7(11(12,13)14)5-8(20-10)16-4-3-9-17-6-18-21-9/h5-6H,2-4H2,1H3,(H2,15,16,19,20). The summed E-state index contributed by atoms with van der Waals surface area (Å²) in [7, 11) is 0.